The lowest BCUT2D eigenvalue weighted by atomic mass is 9.91. The van der Waals surface area contributed by atoms with Crippen LogP contribution in [0.1, 0.15) is 72.6 Å². The minimum absolute atomic E-state index is 0.712. The fourth-order valence-electron chi connectivity index (χ4n) is 2.48. The summed E-state index contributed by atoms with van der Waals surface area (Å²) in [4.78, 5) is 0. The van der Waals surface area contributed by atoms with Gasteiger partial charge in [-0.2, -0.15) is 0 Å². The van der Waals surface area contributed by atoms with Gasteiger partial charge in [0.25, 0.3) is 0 Å². The first-order valence-electron chi connectivity index (χ1n) is 7.32. The van der Waals surface area contributed by atoms with Crippen molar-refractivity contribution in [1.82, 2.24) is 5.32 Å². The lowest BCUT2D eigenvalue weighted by Crippen LogP contribution is -2.30. The van der Waals surface area contributed by atoms with Crippen LogP contribution in [0, 0.1) is 11.8 Å². The summed E-state index contributed by atoms with van der Waals surface area (Å²) in [6.07, 6.45) is 9.74. The summed E-state index contributed by atoms with van der Waals surface area (Å²) < 4.78 is 0. The lowest BCUT2D eigenvalue weighted by molar-refractivity contribution is 0.351. The average molecular weight is 227 g/mol. The van der Waals surface area contributed by atoms with E-state index in [1.165, 1.54) is 44.9 Å². The first kappa shape index (κ1) is 16.0. The summed E-state index contributed by atoms with van der Waals surface area (Å²) in [5, 5.41) is 3.44. The maximum Gasteiger partial charge on any atom is 0.00870 e. The topological polar surface area (TPSA) is 12.0 Å². The molecule has 1 nitrogen and oxygen atoms in total. The molecule has 0 aromatic carbocycles. The van der Waals surface area contributed by atoms with Crippen molar-refractivity contribution in [3.05, 3.63) is 0 Å². The quantitative estimate of drug-likeness (QED) is 0.574. The number of hydrogen-bond donors (Lipinski definition) is 1. The molecule has 0 aliphatic heterocycles. The predicted molar refractivity (Wildman–Crippen MR) is 74.8 cm³/mol. The van der Waals surface area contributed by atoms with Gasteiger partial charge in [-0.15, -0.1) is 0 Å². The van der Waals surface area contributed by atoms with E-state index in [2.05, 4.69) is 40.1 Å². The van der Waals surface area contributed by atoms with Gasteiger partial charge in [0.2, 0.25) is 0 Å². The third-order valence-electron chi connectivity index (χ3n) is 3.85. The van der Waals surface area contributed by atoms with Crippen LogP contribution in [-0.2, 0) is 0 Å². The van der Waals surface area contributed by atoms with Crippen molar-refractivity contribution < 1.29 is 0 Å². The Balaban J connectivity index is 3.67. The second-order valence-corrected chi connectivity index (χ2v) is 5.49. The number of rotatable bonds is 10. The molecule has 1 heteroatoms. The summed E-state index contributed by atoms with van der Waals surface area (Å²) in [6.45, 7) is 9.27. The van der Waals surface area contributed by atoms with Gasteiger partial charge in [-0.05, 0) is 25.3 Å². The Labute approximate surface area is 103 Å². The number of nitrogens with one attached hydrogen (secondary N) is 1. The smallest absolute Gasteiger partial charge is 0.00870 e. The fraction of sp³-hybridized carbons (Fsp3) is 1.00. The lowest BCUT2D eigenvalue weighted by Gasteiger charge is -2.21. The molecule has 0 fully saturated rings. The maximum atomic E-state index is 3.44. The molecule has 0 aliphatic rings. The van der Waals surface area contributed by atoms with Crippen molar-refractivity contribution in [2.24, 2.45) is 11.8 Å². The van der Waals surface area contributed by atoms with Crippen LogP contribution in [-0.4, -0.2) is 13.1 Å². The number of unbranched alkanes of at least 4 members (excludes halogenated alkanes) is 1. The van der Waals surface area contributed by atoms with Crippen LogP contribution >= 0.6 is 0 Å². The van der Waals surface area contributed by atoms with Crippen molar-refractivity contribution in [1.29, 1.82) is 0 Å². The zero-order chi connectivity index (χ0) is 12.4. The second kappa shape index (κ2) is 10.1. The molecule has 0 bridgehead atoms. The third-order valence-corrected chi connectivity index (χ3v) is 3.85. The molecule has 2 atom stereocenters. The van der Waals surface area contributed by atoms with Gasteiger partial charge in [-0.25, -0.2) is 0 Å². The van der Waals surface area contributed by atoms with E-state index in [1.807, 2.05) is 0 Å². The first-order chi connectivity index (χ1) is 7.65. The van der Waals surface area contributed by atoms with Gasteiger partial charge in [0, 0.05) is 6.04 Å². The molecule has 0 amide bonds. The Morgan fingerprint density at radius 1 is 0.938 bits per heavy atom. The Morgan fingerprint density at radius 3 is 2.00 bits per heavy atom. The minimum atomic E-state index is 0.712. The van der Waals surface area contributed by atoms with Crippen LogP contribution < -0.4 is 5.32 Å². The minimum Gasteiger partial charge on any atom is -0.317 e. The third kappa shape index (κ3) is 7.27. The average Bonchev–Trinajstić information content (AvgIpc) is 2.28. The zero-order valence-electron chi connectivity index (χ0n) is 12.2. The molecule has 0 rings (SSSR count). The largest absolute Gasteiger partial charge is 0.317 e. The molecule has 1 N–H and O–H groups in total. The molecule has 0 spiro atoms. The van der Waals surface area contributed by atoms with Gasteiger partial charge >= 0.3 is 0 Å². The van der Waals surface area contributed by atoms with Gasteiger partial charge < -0.3 is 5.32 Å². The highest BCUT2D eigenvalue weighted by molar-refractivity contribution is 4.69. The van der Waals surface area contributed by atoms with Crippen LogP contribution in [0.2, 0.25) is 0 Å². The highest BCUT2D eigenvalue weighted by Crippen LogP contribution is 2.20. The first-order valence-corrected chi connectivity index (χ1v) is 7.32. The molecule has 0 saturated heterocycles. The van der Waals surface area contributed by atoms with E-state index >= 15 is 0 Å². The Morgan fingerprint density at radius 2 is 1.56 bits per heavy atom. The summed E-state index contributed by atoms with van der Waals surface area (Å²) in [5.74, 6) is 1.74. The maximum absolute atomic E-state index is 3.44. The van der Waals surface area contributed by atoms with Crippen molar-refractivity contribution >= 4 is 0 Å². The van der Waals surface area contributed by atoms with E-state index in [9.17, 15) is 0 Å². The molecule has 0 saturated carbocycles. The SMILES string of the molecule is CCCCC(CC)CCCC(NC)C(C)C. The van der Waals surface area contributed by atoms with Gasteiger partial charge in [0.05, 0.1) is 0 Å². The summed E-state index contributed by atoms with van der Waals surface area (Å²) in [7, 11) is 2.10. The van der Waals surface area contributed by atoms with E-state index in [0.717, 1.165) is 11.8 Å². The van der Waals surface area contributed by atoms with Crippen molar-refractivity contribution in [2.75, 3.05) is 7.05 Å². The molecule has 2 unspecified atom stereocenters. The molecule has 0 aliphatic carbocycles. The predicted octanol–water partition coefficient (Wildman–Crippen LogP) is 4.62. The van der Waals surface area contributed by atoms with Crippen LogP contribution in [0.15, 0.2) is 0 Å². The van der Waals surface area contributed by atoms with E-state index < -0.39 is 0 Å². The van der Waals surface area contributed by atoms with E-state index in [-0.39, 0.29) is 0 Å². The van der Waals surface area contributed by atoms with Gasteiger partial charge in [0.15, 0.2) is 0 Å². The van der Waals surface area contributed by atoms with Crippen molar-refractivity contribution in [3.63, 3.8) is 0 Å². The highest BCUT2D eigenvalue weighted by Gasteiger charge is 2.12. The van der Waals surface area contributed by atoms with E-state index in [0.29, 0.717) is 6.04 Å². The molecule has 16 heavy (non-hydrogen) atoms. The molecule has 0 aromatic heterocycles. The second-order valence-electron chi connectivity index (χ2n) is 5.49. The molecule has 98 valence electrons. The van der Waals surface area contributed by atoms with Crippen LogP contribution in [0.3, 0.4) is 0 Å². The fourth-order valence-corrected chi connectivity index (χ4v) is 2.48. The van der Waals surface area contributed by atoms with Crippen molar-refractivity contribution in [3.8, 4) is 0 Å². The molecular weight excluding hydrogens is 194 g/mol. The molecule has 0 heterocycles. The summed E-state index contributed by atoms with van der Waals surface area (Å²) in [6, 6.07) is 0.712. The zero-order valence-corrected chi connectivity index (χ0v) is 12.2. The Hall–Kier alpha value is -0.0400. The van der Waals surface area contributed by atoms with E-state index in [1.54, 1.807) is 0 Å². The highest BCUT2D eigenvalue weighted by atomic mass is 14.9. The van der Waals surface area contributed by atoms with Gasteiger partial charge in [-0.3, -0.25) is 0 Å². The molecular formula is C15H33N. The van der Waals surface area contributed by atoms with Crippen molar-refractivity contribution in [2.45, 2.75) is 78.7 Å². The van der Waals surface area contributed by atoms with Gasteiger partial charge in [0.1, 0.15) is 0 Å². The van der Waals surface area contributed by atoms with Gasteiger partial charge in [-0.1, -0.05) is 66.2 Å². The standard InChI is InChI=1S/C15H33N/c1-6-8-10-14(7-2)11-9-12-15(16-5)13(3)4/h13-16H,6-12H2,1-5H3. The number of hydrogen-bond acceptors (Lipinski definition) is 1. The summed E-state index contributed by atoms with van der Waals surface area (Å²) >= 11 is 0. The Kier molecular flexibility index (Phi) is 10.1. The van der Waals surface area contributed by atoms with Crippen LogP contribution in [0.4, 0.5) is 0 Å². The molecule has 0 aromatic rings. The van der Waals surface area contributed by atoms with Crippen LogP contribution in [0.5, 0.6) is 0 Å². The monoisotopic (exact) mass is 227 g/mol. The normalized spacial score (nSPS) is 15.4. The van der Waals surface area contributed by atoms with Crippen LogP contribution in [0.25, 0.3) is 0 Å². The summed E-state index contributed by atoms with van der Waals surface area (Å²) in [5.41, 5.74) is 0. The molecule has 0 radical (unpaired) electrons. The van der Waals surface area contributed by atoms with E-state index in [4.69, 9.17) is 0 Å². The Bertz CT molecular complexity index is 142.